The number of amides is 1. The van der Waals surface area contributed by atoms with Gasteiger partial charge in [0.05, 0.1) is 25.3 Å². The molecule has 0 aliphatic heterocycles. The minimum Gasteiger partial charge on any atom is -0.497 e. The largest absolute Gasteiger partial charge is 0.497 e. The number of fused-ring (bicyclic) bond motifs is 1. The summed E-state index contributed by atoms with van der Waals surface area (Å²) in [4.78, 5) is 17.7. The Morgan fingerprint density at radius 2 is 1.73 bits per heavy atom. The van der Waals surface area contributed by atoms with E-state index in [4.69, 9.17) is 14.2 Å². The second-order valence-electron chi connectivity index (χ2n) is 7.66. The van der Waals surface area contributed by atoms with Gasteiger partial charge in [-0.1, -0.05) is 48.0 Å². The molecule has 0 saturated carbocycles. The molecule has 1 heterocycles. The molecule has 4 rings (SSSR count). The van der Waals surface area contributed by atoms with Crippen molar-refractivity contribution in [3.8, 4) is 17.4 Å². The Hall–Kier alpha value is -4.06. The standard InChI is InChI=1S/C27H26N2O4/c1-18-8-10-19(11-9-18)17-33-26-15-23(22-6-4-5-7-24(22)29-26)27(30)28-16-20-12-13-21(31-2)14-25(20)32-3/h4-15H,16-17H2,1-3H3,(H,28,30). The van der Waals surface area contributed by atoms with E-state index in [1.807, 2.05) is 67.6 Å². The summed E-state index contributed by atoms with van der Waals surface area (Å²) in [5.74, 6) is 1.53. The van der Waals surface area contributed by atoms with Crippen LogP contribution in [0.2, 0.25) is 0 Å². The van der Waals surface area contributed by atoms with Crippen LogP contribution in [0.25, 0.3) is 10.9 Å². The lowest BCUT2D eigenvalue weighted by Gasteiger charge is -2.13. The summed E-state index contributed by atoms with van der Waals surface area (Å²) in [5.41, 5.74) is 4.28. The number of pyridine rings is 1. The summed E-state index contributed by atoms with van der Waals surface area (Å²) < 4.78 is 16.6. The Labute approximate surface area is 193 Å². The van der Waals surface area contributed by atoms with Crippen molar-refractivity contribution in [2.24, 2.45) is 0 Å². The zero-order valence-electron chi connectivity index (χ0n) is 18.9. The molecule has 33 heavy (non-hydrogen) atoms. The molecule has 168 valence electrons. The van der Waals surface area contributed by atoms with E-state index >= 15 is 0 Å². The van der Waals surface area contributed by atoms with Crippen molar-refractivity contribution in [3.63, 3.8) is 0 Å². The molecule has 0 saturated heterocycles. The topological polar surface area (TPSA) is 69.7 Å². The van der Waals surface area contributed by atoms with Crippen molar-refractivity contribution in [2.75, 3.05) is 14.2 Å². The van der Waals surface area contributed by atoms with Crippen molar-refractivity contribution in [1.82, 2.24) is 10.3 Å². The Morgan fingerprint density at radius 1 is 0.939 bits per heavy atom. The highest BCUT2D eigenvalue weighted by molar-refractivity contribution is 6.06. The summed E-state index contributed by atoms with van der Waals surface area (Å²) in [6, 6.07) is 22.9. The first-order chi connectivity index (χ1) is 16.1. The van der Waals surface area contributed by atoms with E-state index < -0.39 is 0 Å². The predicted octanol–water partition coefficient (Wildman–Crippen LogP) is 5.07. The molecule has 0 atom stereocenters. The average molecular weight is 443 g/mol. The molecule has 4 aromatic rings. The first kappa shape index (κ1) is 22.1. The highest BCUT2D eigenvalue weighted by atomic mass is 16.5. The summed E-state index contributed by atoms with van der Waals surface area (Å²) >= 11 is 0. The normalized spacial score (nSPS) is 10.6. The maximum absolute atomic E-state index is 13.2. The van der Waals surface area contributed by atoms with Gasteiger partial charge in [-0.2, -0.15) is 0 Å². The monoisotopic (exact) mass is 442 g/mol. The van der Waals surface area contributed by atoms with Crippen LogP contribution in [0.5, 0.6) is 17.4 Å². The van der Waals surface area contributed by atoms with Gasteiger partial charge in [-0.05, 0) is 30.7 Å². The lowest BCUT2D eigenvalue weighted by Crippen LogP contribution is -2.23. The molecule has 0 fully saturated rings. The first-order valence-corrected chi connectivity index (χ1v) is 10.6. The van der Waals surface area contributed by atoms with Gasteiger partial charge in [0.25, 0.3) is 5.91 Å². The molecule has 0 unspecified atom stereocenters. The van der Waals surface area contributed by atoms with Crippen LogP contribution in [0.4, 0.5) is 0 Å². The number of carbonyl (C=O) groups is 1. The van der Waals surface area contributed by atoms with E-state index in [0.29, 0.717) is 41.6 Å². The fourth-order valence-corrected chi connectivity index (χ4v) is 3.52. The van der Waals surface area contributed by atoms with Gasteiger partial charge in [0.15, 0.2) is 0 Å². The number of aromatic nitrogens is 1. The van der Waals surface area contributed by atoms with E-state index in [9.17, 15) is 4.79 Å². The molecule has 0 bridgehead atoms. The molecule has 0 aliphatic rings. The van der Waals surface area contributed by atoms with Gasteiger partial charge < -0.3 is 19.5 Å². The zero-order chi connectivity index (χ0) is 23.2. The van der Waals surface area contributed by atoms with Crippen LogP contribution < -0.4 is 19.5 Å². The van der Waals surface area contributed by atoms with Gasteiger partial charge >= 0.3 is 0 Å². The van der Waals surface area contributed by atoms with Crippen LogP contribution in [0.1, 0.15) is 27.0 Å². The number of nitrogens with one attached hydrogen (secondary N) is 1. The van der Waals surface area contributed by atoms with E-state index in [0.717, 1.165) is 16.5 Å². The number of aryl methyl sites for hydroxylation is 1. The fraction of sp³-hybridized carbons (Fsp3) is 0.185. The van der Waals surface area contributed by atoms with E-state index in [2.05, 4.69) is 10.3 Å². The average Bonchev–Trinajstić information content (AvgIpc) is 2.86. The van der Waals surface area contributed by atoms with Crippen LogP contribution in [0.15, 0.2) is 72.8 Å². The summed E-state index contributed by atoms with van der Waals surface area (Å²) in [5, 5.41) is 3.75. The molecular formula is C27H26N2O4. The quantitative estimate of drug-likeness (QED) is 0.413. The van der Waals surface area contributed by atoms with Crippen molar-refractivity contribution < 1.29 is 19.0 Å². The smallest absolute Gasteiger partial charge is 0.252 e. The molecule has 1 aromatic heterocycles. The molecule has 6 nitrogen and oxygen atoms in total. The number of hydrogen-bond acceptors (Lipinski definition) is 5. The predicted molar refractivity (Wildman–Crippen MR) is 128 cm³/mol. The van der Waals surface area contributed by atoms with Gasteiger partial charge in [-0.15, -0.1) is 0 Å². The zero-order valence-corrected chi connectivity index (χ0v) is 18.9. The van der Waals surface area contributed by atoms with Crippen LogP contribution in [-0.4, -0.2) is 25.1 Å². The maximum Gasteiger partial charge on any atom is 0.252 e. The van der Waals surface area contributed by atoms with Crippen molar-refractivity contribution in [1.29, 1.82) is 0 Å². The van der Waals surface area contributed by atoms with E-state index in [1.54, 1.807) is 26.4 Å². The molecule has 1 amide bonds. The fourth-order valence-electron chi connectivity index (χ4n) is 3.52. The lowest BCUT2D eigenvalue weighted by molar-refractivity contribution is 0.0951. The van der Waals surface area contributed by atoms with Crippen LogP contribution in [0, 0.1) is 6.92 Å². The number of carbonyl (C=O) groups excluding carboxylic acids is 1. The van der Waals surface area contributed by atoms with Gasteiger partial charge in [0.1, 0.15) is 18.1 Å². The van der Waals surface area contributed by atoms with Crippen LogP contribution in [-0.2, 0) is 13.2 Å². The van der Waals surface area contributed by atoms with Crippen molar-refractivity contribution >= 4 is 16.8 Å². The lowest BCUT2D eigenvalue weighted by atomic mass is 10.1. The number of nitrogens with zero attached hydrogens (tertiary/aromatic N) is 1. The molecule has 0 aliphatic carbocycles. The Bertz CT molecular complexity index is 1270. The third-order valence-electron chi connectivity index (χ3n) is 5.38. The SMILES string of the molecule is COc1ccc(CNC(=O)c2cc(OCc3ccc(C)cc3)nc3ccccc23)c(OC)c1. The van der Waals surface area contributed by atoms with Gasteiger partial charge in [-0.25, -0.2) is 4.98 Å². The highest BCUT2D eigenvalue weighted by Crippen LogP contribution is 2.26. The maximum atomic E-state index is 13.2. The second kappa shape index (κ2) is 10.0. The molecule has 3 aromatic carbocycles. The van der Waals surface area contributed by atoms with Crippen molar-refractivity contribution in [2.45, 2.75) is 20.1 Å². The van der Waals surface area contributed by atoms with Gasteiger partial charge in [0, 0.05) is 29.6 Å². The van der Waals surface area contributed by atoms with Crippen LogP contribution in [0.3, 0.4) is 0 Å². The minimum atomic E-state index is -0.216. The molecule has 0 radical (unpaired) electrons. The van der Waals surface area contributed by atoms with Crippen LogP contribution >= 0.6 is 0 Å². The van der Waals surface area contributed by atoms with Crippen molar-refractivity contribution in [3.05, 3.63) is 95.1 Å². The molecule has 6 heteroatoms. The first-order valence-electron chi connectivity index (χ1n) is 10.6. The molecule has 0 spiro atoms. The Kier molecular flexibility index (Phi) is 6.74. The van der Waals surface area contributed by atoms with E-state index in [1.165, 1.54) is 5.56 Å². The number of benzene rings is 3. The van der Waals surface area contributed by atoms with Gasteiger partial charge in [0.2, 0.25) is 5.88 Å². The Morgan fingerprint density at radius 3 is 2.48 bits per heavy atom. The number of ether oxygens (including phenoxy) is 3. The number of methoxy groups -OCH3 is 2. The minimum absolute atomic E-state index is 0.216. The third kappa shape index (κ3) is 5.23. The molecular weight excluding hydrogens is 416 g/mol. The third-order valence-corrected chi connectivity index (χ3v) is 5.38. The second-order valence-corrected chi connectivity index (χ2v) is 7.66. The highest BCUT2D eigenvalue weighted by Gasteiger charge is 2.15. The summed E-state index contributed by atoms with van der Waals surface area (Å²) in [6.45, 7) is 2.72. The summed E-state index contributed by atoms with van der Waals surface area (Å²) in [7, 11) is 3.19. The molecule has 1 N–H and O–H groups in total. The number of hydrogen-bond donors (Lipinski definition) is 1. The Balaban J connectivity index is 1.55. The number of para-hydroxylation sites is 1. The van der Waals surface area contributed by atoms with E-state index in [-0.39, 0.29) is 5.91 Å². The number of rotatable bonds is 8. The van der Waals surface area contributed by atoms with Gasteiger partial charge in [-0.3, -0.25) is 4.79 Å². The summed E-state index contributed by atoms with van der Waals surface area (Å²) in [6.07, 6.45) is 0.